The van der Waals surface area contributed by atoms with Gasteiger partial charge in [0.1, 0.15) is 5.75 Å². The molecule has 0 bridgehead atoms. The quantitative estimate of drug-likeness (QED) is 0.675. The topological polar surface area (TPSA) is 20.2 Å². The first-order chi connectivity index (χ1) is 10.5. The van der Waals surface area contributed by atoms with Crippen molar-refractivity contribution >= 4 is 5.57 Å². The summed E-state index contributed by atoms with van der Waals surface area (Å²) >= 11 is 0. The van der Waals surface area contributed by atoms with Crippen molar-refractivity contribution in [1.82, 2.24) is 0 Å². The SMILES string of the molecule is C[C@@]12CCC3=C(CCc4cc(O)ccc43)[C@H]1CCC2=C(F)F. The molecule has 3 heteroatoms. The zero-order chi connectivity index (χ0) is 15.5. The maximum Gasteiger partial charge on any atom is 0.270 e. The van der Waals surface area contributed by atoms with E-state index in [9.17, 15) is 13.9 Å². The predicted octanol–water partition coefficient (Wildman–Crippen LogP) is 5.45. The molecule has 0 amide bonds. The Kier molecular flexibility index (Phi) is 2.97. The first-order valence-corrected chi connectivity index (χ1v) is 8.09. The lowest BCUT2D eigenvalue weighted by atomic mass is 9.62. The van der Waals surface area contributed by atoms with Crippen LogP contribution in [0.4, 0.5) is 8.78 Å². The molecule has 22 heavy (non-hydrogen) atoms. The predicted molar refractivity (Wildman–Crippen MR) is 82.7 cm³/mol. The number of fused-ring (bicyclic) bond motifs is 4. The van der Waals surface area contributed by atoms with Crippen LogP contribution < -0.4 is 0 Å². The Hall–Kier alpha value is -1.64. The number of aromatic hydroxyl groups is 1. The summed E-state index contributed by atoms with van der Waals surface area (Å²) in [6.07, 6.45) is 3.49. The Labute approximate surface area is 129 Å². The molecule has 1 fully saturated rings. The molecular weight excluding hydrogens is 282 g/mol. The lowest BCUT2D eigenvalue weighted by Crippen LogP contribution is -2.31. The average Bonchev–Trinajstić information content (AvgIpc) is 2.84. The van der Waals surface area contributed by atoms with Crippen molar-refractivity contribution < 1.29 is 13.9 Å². The first-order valence-electron chi connectivity index (χ1n) is 8.09. The summed E-state index contributed by atoms with van der Waals surface area (Å²) in [5.74, 6) is 0.587. The van der Waals surface area contributed by atoms with E-state index in [-0.39, 0.29) is 11.3 Å². The smallest absolute Gasteiger partial charge is 0.270 e. The molecule has 1 aromatic rings. The normalized spacial score (nSPS) is 30.0. The number of hydrogen-bond donors (Lipinski definition) is 1. The van der Waals surface area contributed by atoms with Gasteiger partial charge in [0.05, 0.1) is 0 Å². The van der Waals surface area contributed by atoms with Gasteiger partial charge in [-0.25, -0.2) is 0 Å². The van der Waals surface area contributed by atoms with E-state index in [1.165, 1.54) is 22.3 Å². The molecule has 0 unspecified atom stereocenters. The third kappa shape index (κ3) is 1.81. The molecule has 3 aliphatic carbocycles. The third-order valence-electron chi connectivity index (χ3n) is 6.15. The minimum Gasteiger partial charge on any atom is -0.508 e. The molecule has 1 saturated carbocycles. The zero-order valence-electron chi connectivity index (χ0n) is 12.8. The second-order valence-corrected chi connectivity index (χ2v) is 7.09. The van der Waals surface area contributed by atoms with Gasteiger partial charge in [-0.05, 0) is 73.3 Å². The molecule has 0 heterocycles. The van der Waals surface area contributed by atoms with E-state index in [0.29, 0.717) is 17.7 Å². The fourth-order valence-corrected chi connectivity index (χ4v) is 5.04. The number of phenolic OH excluding ortho intramolecular Hbond substituents is 1. The minimum atomic E-state index is -1.45. The summed E-state index contributed by atoms with van der Waals surface area (Å²) in [6.45, 7) is 2.04. The van der Waals surface area contributed by atoms with Crippen LogP contribution >= 0.6 is 0 Å². The van der Waals surface area contributed by atoms with Crippen LogP contribution in [0.5, 0.6) is 5.75 Å². The highest BCUT2D eigenvalue weighted by atomic mass is 19.3. The highest BCUT2D eigenvalue weighted by Gasteiger charge is 2.49. The van der Waals surface area contributed by atoms with Crippen molar-refractivity contribution in [2.45, 2.75) is 45.4 Å². The van der Waals surface area contributed by atoms with Crippen molar-refractivity contribution in [3.8, 4) is 5.75 Å². The Morgan fingerprint density at radius 2 is 2.00 bits per heavy atom. The van der Waals surface area contributed by atoms with E-state index in [1.54, 1.807) is 6.07 Å². The zero-order valence-corrected chi connectivity index (χ0v) is 12.8. The molecule has 3 aliphatic rings. The Morgan fingerprint density at radius 1 is 1.18 bits per heavy atom. The van der Waals surface area contributed by atoms with Crippen LogP contribution in [-0.2, 0) is 6.42 Å². The van der Waals surface area contributed by atoms with Gasteiger partial charge in [0.15, 0.2) is 0 Å². The minimum absolute atomic E-state index is 0.273. The van der Waals surface area contributed by atoms with Crippen molar-refractivity contribution in [2.75, 3.05) is 0 Å². The van der Waals surface area contributed by atoms with Gasteiger partial charge >= 0.3 is 0 Å². The molecule has 2 atom stereocenters. The monoisotopic (exact) mass is 302 g/mol. The lowest BCUT2D eigenvalue weighted by Gasteiger charge is -2.42. The number of halogens is 2. The van der Waals surface area contributed by atoms with Crippen LogP contribution in [0.3, 0.4) is 0 Å². The molecule has 116 valence electrons. The first kappa shape index (κ1) is 14.0. The number of allylic oxidation sites excluding steroid dienone is 3. The van der Waals surface area contributed by atoms with Gasteiger partial charge in [-0.3, -0.25) is 0 Å². The van der Waals surface area contributed by atoms with Crippen LogP contribution in [0, 0.1) is 11.3 Å². The summed E-state index contributed by atoms with van der Waals surface area (Å²) in [5.41, 5.74) is 5.27. The maximum atomic E-state index is 13.3. The second-order valence-electron chi connectivity index (χ2n) is 7.09. The standard InChI is InChI=1S/C19H20F2O/c1-19-9-8-14-13-5-3-12(22)10-11(13)2-4-15(14)16(19)6-7-17(19)18(20)21/h3,5,10,16,22H,2,4,6-9H2,1H3/t16-,19-/m1/s1. The van der Waals surface area contributed by atoms with E-state index < -0.39 is 6.08 Å². The fourth-order valence-electron chi connectivity index (χ4n) is 5.04. The lowest BCUT2D eigenvalue weighted by molar-refractivity contribution is 0.257. The number of aryl methyl sites for hydroxylation is 1. The Morgan fingerprint density at radius 3 is 2.77 bits per heavy atom. The summed E-state index contributed by atoms with van der Waals surface area (Å²) in [5, 5.41) is 9.67. The van der Waals surface area contributed by atoms with Crippen LogP contribution in [-0.4, -0.2) is 5.11 Å². The highest BCUT2D eigenvalue weighted by molar-refractivity contribution is 5.75. The number of benzene rings is 1. The van der Waals surface area contributed by atoms with Gasteiger partial charge in [0.2, 0.25) is 0 Å². The largest absolute Gasteiger partial charge is 0.508 e. The van der Waals surface area contributed by atoms with Crippen LogP contribution in [0.2, 0.25) is 0 Å². The van der Waals surface area contributed by atoms with Gasteiger partial charge in [-0.2, -0.15) is 8.78 Å². The molecule has 4 rings (SSSR count). The van der Waals surface area contributed by atoms with E-state index in [2.05, 4.69) is 0 Å². The number of rotatable bonds is 0. The molecule has 0 radical (unpaired) electrons. The Balaban J connectivity index is 1.82. The number of hydrogen-bond acceptors (Lipinski definition) is 1. The van der Waals surface area contributed by atoms with E-state index in [4.69, 9.17) is 0 Å². The van der Waals surface area contributed by atoms with Crippen molar-refractivity contribution in [3.63, 3.8) is 0 Å². The van der Waals surface area contributed by atoms with Crippen molar-refractivity contribution in [2.24, 2.45) is 11.3 Å². The third-order valence-corrected chi connectivity index (χ3v) is 6.15. The average molecular weight is 302 g/mol. The van der Waals surface area contributed by atoms with Gasteiger partial charge in [-0.15, -0.1) is 0 Å². The van der Waals surface area contributed by atoms with Crippen LogP contribution in [0.15, 0.2) is 35.4 Å². The molecule has 1 N–H and O–H groups in total. The molecular formula is C19H20F2O. The van der Waals surface area contributed by atoms with E-state index in [0.717, 1.165) is 32.1 Å². The molecule has 1 nitrogen and oxygen atoms in total. The summed E-state index contributed by atoms with van der Waals surface area (Å²) in [6, 6.07) is 5.60. The molecule has 1 aromatic carbocycles. The Bertz CT molecular complexity index is 712. The summed E-state index contributed by atoms with van der Waals surface area (Å²) in [7, 11) is 0. The number of phenols is 1. The van der Waals surface area contributed by atoms with E-state index in [1.807, 2.05) is 19.1 Å². The molecule has 0 aromatic heterocycles. The van der Waals surface area contributed by atoms with Crippen molar-refractivity contribution in [1.29, 1.82) is 0 Å². The fraction of sp³-hybridized carbons (Fsp3) is 0.474. The van der Waals surface area contributed by atoms with Gasteiger partial charge in [0, 0.05) is 11.0 Å². The van der Waals surface area contributed by atoms with Crippen LogP contribution in [0.1, 0.15) is 50.2 Å². The van der Waals surface area contributed by atoms with E-state index >= 15 is 0 Å². The molecule has 0 aliphatic heterocycles. The maximum absolute atomic E-state index is 13.3. The molecule has 0 spiro atoms. The van der Waals surface area contributed by atoms with Crippen molar-refractivity contribution in [3.05, 3.63) is 46.6 Å². The van der Waals surface area contributed by atoms with Gasteiger partial charge in [0.25, 0.3) is 6.08 Å². The highest BCUT2D eigenvalue weighted by Crippen LogP contribution is 2.61. The molecule has 0 saturated heterocycles. The van der Waals surface area contributed by atoms with Gasteiger partial charge in [-0.1, -0.05) is 18.6 Å². The summed E-state index contributed by atoms with van der Waals surface area (Å²) in [4.78, 5) is 0. The summed E-state index contributed by atoms with van der Waals surface area (Å²) < 4.78 is 26.6. The van der Waals surface area contributed by atoms with Crippen LogP contribution in [0.25, 0.3) is 5.57 Å². The van der Waals surface area contributed by atoms with Gasteiger partial charge < -0.3 is 5.11 Å². The second kappa shape index (κ2) is 4.68.